The zero-order valence-electron chi connectivity index (χ0n) is 15.8. The van der Waals surface area contributed by atoms with Crippen LogP contribution in [-0.2, 0) is 13.2 Å². The summed E-state index contributed by atoms with van der Waals surface area (Å²) in [5, 5.41) is 5.20. The van der Waals surface area contributed by atoms with Crippen LogP contribution in [0.25, 0.3) is 0 Å². The highest BCUT2D eigenvalue weighted by atomic mass is 35.5. The molecule has 0 spiro atoms. The summed E-state index contributed by atoms with van der Waals surface area (Å²) in [5.74, 6) is 1.24. The van der Waals surface area contributed by atoms with Crippen LogP contribution in [0.2, 0.25) is 15.1 Å². The Labute approximate surface area is 176 Å². The number of unbranched alkanes of at least 4 members (excludes halogenated alkanes) is 2. The van der Waals surface area contributed by atoms with Gasteiger partial charge in [0.05, 0.1) is 6.61 Å². The van der Waals surface area contributed by atoms with Crippen molar-refractivity contribution < 1.29 is 9.47 Å². The average Bonchev–Trinajstić information content (AvgIpc) is 2.64. The number of nitrogens with one attached hydrogen (secondary N) is 1. The number of ether oxygens (including phenoxy) is 2. The molecule has 2 aromatic carbocycles. The Hall–Kier alpha value is -1.13. The first-order valence-electron chi connectivity index (χ1n) is 9.28. The summed E-state index contributed by atoms with van der Waals surface area (Å²) in [7, 11) is 0. The Morgan fingerprint density at radius 2 is 1.59 bits per heavy atom. The van der Waals surface area contributed by atoms with Crippen LogP contribution < -0.4 is 14.8 Å². The highest BCUT2D eigenvalue weighted by Crippen LogP contribution is 2.35. The van der Waals surface area contributed by atoms with Gasteiger partial charge in [0.2, 0.25) is 0 Å². The van der Waals surface area contributed by atoms with Crippen molar-refractivity contribution in [2.24, 2.45) is 0 Å². The molecule has 3 nitrogen and oxygen atoms in total. The van der Waals surface area contributed by atoms with Gasteiger partial charge in [-0.15, -0.1) is 0 Å². The van der Waals surface area contributed by atoms with Crippen molar-refractivity contribution in [3.63, 3.8) is 0 Å². The van der Waals surface area contributed by atoms with Gasteiger partial charge in [-0.1, -0.05) is 60.6 Å². The van der Waals surface area contributed by atoms with E-state index in [1.165, 1.54) is 12.8 Å². The van der Waals surface area contributed by atoms with Crippen molar-refractivity contribution in [1.82, 2.24) is 5.32 Å². The van der Waals surface area contributed by atoms with E-state index >= 15 is 0 Å². The van der Waals surface area contributed by atoms with E-state index in [4.69, 9.17) is 44.3 Å². The second-order valence-corrected chi connectivity index (χ2v) is 7.42. The van der Waals surface area contributed by atoms with Crippen LogP contribution in [0.5, 0.6) is 11.5 Å². The zero-order chi connectivity index (χ0) is 19.6. The smallest absolute Gasteiger partial charge is 0.163 e. The normalized spacial score (nSPS) is 10.9. The van der Waals surface area contributed by atoms with Crippen molar-refractivity contribution in [3.8, 4) is 11.5 Å². The average molecular weight is 431 g/mol. The molecule has 0 aromatic heterocycles. The standard InChI is InChI=1S/C21H26Cl3NO2/c1-3-5-6-10-25-13-15-11-20(26-4-2)21(12-19(15)24)27-14-16-17(22)8-7-9-18(16)23/h7-9,11-12,25H,3-6,10,13-14H2,1-2H3. The molecule has 0 unspecified atom stereocenters. The number of hydrogen-bond acceptors (Lipinski definition) is 3. The first-order chi connectivity index (χ1) is 13.1. The number of halogens is 3. The van der Waals surface area contributed by atoms with Crippen LogP contribution in [0, 0.1) is 0 Å². The van der Waals surface area contributed by atoms with Gasteiger partial charge < -0.3 is 14.8 Å². The molecular formula is C21H26Cl3NO2. The zero-order valence-corrected chi connectivity index (χ0v) is 18.1. The molecule has 0 saturated carbocycles. The van der Waals surface area contributed by atoms with E-state index in [-0.39, 0.29) is 6.61 Å². The van der Waals surface area contributed by atoms with Gasteiger partial charge in [0, 0.05) is 33.2 Å². The maximum Gasteiger partial charge on any atom is 0.163 e. The minimum absolute atomic E-state index is 0.240. The largest absolute Gasteiger partial charge is 0.490 e. The summed E-state index contributed by atoms with van der Waals surface area (Å²) in [6.07, 6.45) is 3.59. The van der Waals surface area contributed by atoms with Crippen LogP contribution in [0.4, 0.5) is 0 Å². The first kappa shape index (κ1) is 22.2. The third-order valence-corrected chi connectivity index (χ3v) is 5.18. The molecule has 148 valence electrons. The van der Waals surface area contributed by atoms with Crippen LogP contribution in [0.1, 0.15) is 44.2 Å². The number of hydrogen-bond donors (Lipinski definition) is 1. The fraction of sp³-hybridized carbons (Fsp3) is 0.429. The van der Waals surface area contributed by atoms with Crippen LogP contribution in [0.15, 0.2) is 30.3 Å². The van der Waals surface area contributed by atoms with Gasteiger partial charge in [-0.3, -0.25) is 0 Å². The topological polar surface area (TPSA) is 30.5 Å². The summed E-state index contributed by atoms with van der Waals surface area (Å²) in [4.78, 5) is 0. The predicted octanol–water partition coefficient (Wildman–Crippen LogP) is 6.90. The van der Waals surface area contributed by atoms with E-state index in [9.17, 15) is 0 Å². The summed E-state index contributed by atoms with van der Waals surface area (Å²) in [6, 6.07) is 9.10. The summed E-state index contributed by atoms with van der Waals surface area (Å²) in [5.41, 5.74) is 1.72. The van der Waals surface area contributed by atoms with Crippen LogP contribution in [-0.4, -0.2) is 13.2 Å². The van der Waals surface area contributed by atoms with E-state index in [0.717, 1.165) is 24.1 Å². The highest BCUT2D eigenvalue weighted by molar-refractivity contribution is 6.36. The third-order valence-electron chi connectivity index (χ3n) is 4.12. The summed E-state index contributed by atoms with van der Waals surface area (Å²) < 4.78 is 11.7. The molecule has 27 heavy (non-hydrogen) atoms. The monoisotopic (exact) mass is 429 g/mol. The molecule has 6 heteroatoms. The van der Waals surface area contributed by atoms with Crippen LogP contribution >= 0.6 is 34.8 Å². The second kappa shape index (κ2) is 11.7. The van der Waals surface area contributed by atoms with Crippen molar-refractivity contribution in [1.29, 1.82) is 0 Å². The van der Waals surface area contributed by atoms with E-state index in [1.54, 1.807) is 24.3 Å². The number of rotatable bonds is 11. The summed E-state index contributed by atoms with van der Waals surface area (Å²) >= 11 is 18.9. The van der Waals surface area contributed by atoms with Gasteiger partial charge >= 0.3 is 0 Å². The third kappa shape index (κ3) is 6.76. The van der Waals surface area contributed by atoms with E-state index in [0.29, 0.717) is 39.7 Å². The SMILES string of the molecule is CCCCCNCc1cc(OCC)c(OCc2c(Cl)cccc2Cl)cc1Cl. The maximum atomic E-state index is 6.46. The van der Waals surface area contributed by atoms with Crippen LogP contribution in [0.3, 0.4) is 0 Å². The van der Waals surface area contributed by atoms with E-state index in [1.807, 2.05) is 13.0 Å². The number of benzene rings is 2. The molecule has 1 N–H and O–H groups in total. The first-order valence-corrected chi connectivity index (χ1v) is 10.4. The molecule has 2 aromatic rings. The molecule has 0 radical (unpaired) electrons. The lowest BCUT2D eigenvalue weighted by Crippen LogP contribution is -2.15. The minimum atomic E-state index is 0.240. The molecule has 0 aliphatic carbocycles. The van der Waals surface area contributed by atoms with Gasteiger partial charge in [0.1, 0.15) is 6.61 Å². The quantitative estimate of drug-likeness (QED) is 0.393. The Balaban J connectivity index is 2.10. The fourth-order valence-electron chi connectivity index (χ4n) is 2.64. The van der Waals surface area contributed by atoms with Crippen molar-refractivity contribution in [2.45, 2.75) is 46.3 Å². The van der Waals surface area contributed by atoms with Gasteiger partial charge in [0.15, 0.2) is 11.5 Å². The molecule has 0 aliphatic rings. The molecule has 2 rings (SSSR count). The van der Waals surface area contributed by atoms with Gasteiger partial charge in [-0.25, -0.2) is 0 Å². The highest BCUT2D eigenvalue weighted by Gasteiger charge is 2.13. The molecule has 0 heterocycles. The lowest BCUT2D eigenvalue weighted by Gasteiger charge is -2.16. The Kier molecular flexibility index (Phi) is 9.57. The predicted molar refractivity (Wildman–Crippen MR) is 115 cm³/mol. The molecule has 0 fully saturated rings. The second-order valence-electron chi connectivity index (χ2n) is 6.20. The Morgan fingerprint density at radius 3 is 2.26 bits per heavy atom. The Morgan fingerprint density at radius 1 is 0.889 bits per heavy atom. The molecule has 0 amide bonds. The Bertz CT molecular complexity index is 717. The van der Waals surface area contributed by atoms with E-state index in [2.05, 4.69) is 12.2 Å². The molecular weight excluding hydrogens is 405 g/mol. The van der Waals surface area contributed by atoms with Gasteiger partial charge in [0.25, 0.3) is 0 Å². The fourth-order valence-corrected chi connectivity index (χ4v) is 3.36. The lowest BCUT2D eigenvalue weighted by atomic mass is 10.2. The maximum absolute atomic E-state index is 6.46. The van der Waals surface area contributed by atoms with Gasteiger partial charge in [-0.05, 0) is 43.7 Å². The molecule has 0 atom stereocenters. The van der Waals surface area contributed by atoms with E-state index < -0.39 is 0 Å². The van der Waals surface area contributed by atoms with Crippen molar-refractivity contribution >= 4 is 34.8 Å². The summed E-state index contributed by atoms with van der Waals surface area (Å²) in [6.45, 7) is 6.57. The van der Waals surface area contributed by atoms with Crippen molar-refractivity contribution in [2.75, 3.05) is 13.2 Å². The molecule has 0 bridgehead atoms. The molecule has 0 aliphatic heterocycles. The van der Waals surface area contributed by atoms with Gasteiger partial charge in [-0.2, -0.15) is 0 Å². The minimum Gasteiger partial charge on any atom is -0.490 e. The van der Waals surface area contributed by atoms with Crippen molar-refractivity contribution in [3.05, 3.63) is 56.5 Å². The lowest BCUT2D eigenvalue weighted by molar-refractivity contribution is 0.269. The molecule has 0 saturated heterocycles.